The van der Waals surface area contributed by atoms with E-state index < -0.39 is 23.9 Å². The lowest BCUT2D eigenvalue weighted by molar-refractivity contribution is -0.140. The largest absolute Gasteiger partial charge is 0.460 e. The number of esters is 1. The summed E-state index contributed by atoms with van der Waals surface area (Å²) in [5.74, 6) is -1.09. The number of allylic oxidation sites excluding steroid dienone is 1. The predicted molar refractivity (Wildman–Crippen MR) is 129 cm³/mol. The van der Waals surface area contributed by atoms with E-state index in [9.17, 15) is 18.8 Å². The molecule has 0 aromatic heterocycles. The minimum atomic E-state index is -0.730. The number of halogens is 1. The van der Waals surface area contributed by atoms with Crippen LogP contribution in [0, 0.1) is 5.82 Å². The van der Waals surface area contributed by atoms with Crippen molar-refractivity contribution in [3.63, 3.8) is 0 Å². The van der Waals surface area contributed by atoms with Crippen LogP contribution in [0.2, 0.25) is 0 Å². The lowest BCUT2D eigenvalue weighted by atomic mass is 9.94. The Morgan fingerprint density at radius 1 is 1.09 bits per heavy atom. The van der Waals surface area contributed by atoms with Crippen LogP contribution >= 0.6 is 0 Å². The van der Waals surface area contributed by atoms with Gasteiger partial charge in [0.15, 0.2) is 0 Å². The number of carbonyl (C=O) groups excluding carboxylic acids is 3. The van der Waals surface area contributed by atoms with Crippen LogP contribution in [0.25, 0.3) is 0 Å². The number of amides is 4. The van der Waals surface area contributed by atoms with Crippen LogP contribution in [0.1, 0.15) is 31.9 Å². The second-order valence-electron chi connectivity index (χ2n) is 7.84. The van der Waals surface area contributed by atoms with Gasteiger partial charge in [-0.25, -0.2) is 18.8 Å². The maximum atomic E-state index is 13.8. The van der Waals surface area contributed by atoms with E-state index >= 15 is 0 Å². The number of hydrogen-bond donors (Lipinski definition) is 3. The Hall–Kier alpha value is -3.92. The minimum Gasteiger partial charge on any atom is -0.460 e. The summed E-state index contributed by atoms with van der Waals surface area (Å²) in [5.41, 5.74) is 1.98. The van der Waals surface area contributed by atoms with Gasteiger partial charge in [-0.15, -0.1) is 0 Å². The van der Waals surface area contributed by atoms with Crippen LogP contribution < -0.4 is 16.0 Å². The third kappa shape index (κ3) is 6.36. The monoisotopic (exact) mass is 484 g/mol. The smallest absolute Gasteiger partial charge is 0.338 e. The first-order chi connectivity index (χ1) is 16.8. The lowest BCUT2D eigenvalue weighted by Crippen LogP contribution is -2.48. The first-order valence-corrected chi connectivity index (χ1v) is 11.2. The Labute approximate surface area is 203 Å². The summed E-state index contributed by atoms with van der Waals surface area (Å²) in [6, 6.07) is 10.8. The molecule has 186 valence electrons. The predicted octanol–water partition coefficient (Wildman–Crippen LogP) is 4.41. The van der Waals surface area contributed by atoms with Crippen LogP contribution in [0.3, 0.4) is 0 Å². The van der Waals surface area contributed by atoms with Gasteiger partial charge < -0.3 is 25.4 Å². The molecule has 0 unspecified atom stereocenters. The first-order valence-electron chi connectivity index (χ1n) is 11.2. The first kappa shape index (κ1) is 25.7. The van der Waals surface area contributed by atoms with E-state index in [1.54, 1.807) is 37.3 Å². The molecule has 2 aromatic carbocycles. The van der Waals surface area contributed by atoms with Crippen molar-refractivity contribution in [2.75, 3.05) is 37.5 Å². The topological polar surface area (TPSA) is 109 Å². The van der Waals surface area contributed by atoms with Gasteiger partial charge in [-0.3, -0.25) is 4.90 Å². The summed E-state index contributed by atoms with van der Waals surface area (Å²) in [5, 5.41) is 7.95. The normalized spacial score (nSPS) is 15.5. The molecule has 0 bridgehead atoms. The number of para-hydroxylation sites is 1. The second-order valence-corrected chi connectivity index (χ2v) is 7.84. The van der Waals surface area contributed by atoms with Gasteiger partial charge >= 0.3 is 18.0 Å². The molecule has 10 heteroatoms. The van der Waals surface area contributed by atoms with Gasteiger partial charge in [0, 0.05) is 25.0 Å². The van der Waals surface area contributed by atoms with Crippen molar-refractivity contribution < 1.29 is 28.2 Å². The highest BCUT2D eigenvalue weighted by atomic mass is 19.1. The number of benzene rings is 2. The van der Waals surface area contributed by atoms with Crippen molar-refractivity contribution in [2.24, 2.45) is 0 Å². The van der Waals surface area contributed by atoms with Crippen LogP contribution in [-0.2, 0) is 14.3 Å². The number of methoxy groups -OCH3 is 1. The van der Waals surface area contributed by atoms with Gasteiger partial charge in [0.1, 0.15) is 12.4 Å². The molecule has 9 nitrogen and oxygen atoms in total. The van der Waals surface area contributed by atoms with Crippen LogP contribution in [0.5, 0.6) is 0 Å². The number of urea groups is 2. The second kappa shape index (κ2) is 12.0. The average molecular weight is 485 g/mol. The fourth-order valence-electron chi connectivity index (χ4n) is 3.69. The van der Waals surface area contributed by atoms with E-state index in [1.165, 1.54) is 30.2 Å². The molecule has 0 saturated carbocycles. The number of nitrogens with one attached hydrogen (secondary N) is 3. The molecule has 3 rings (SSSR count). The highest BCUT2D eigenvalue weighted by molar-refractivity contribution is 6.00. The maximum Gasteiger partial charge on any atom is 0.338 e. The molecule has 0 fully saturated rings. The zero-order chi connectivity index (χ0) is 25.4. The van der Waals surface area contributed by atoms with Gasteiger partial charge in [0.05, 0.1) is 23.9 Å². The van der Waals surface area contributed by atoms with Crippen molar-refractivity contribution in [2.45, 2.75) is 26.3 Å². The summed E-state index contributed by atoms with van der Waals surface area (Å²) < 4.78 is 24.1. The van der Waals surface area contributed by atoms with E-state index in [-0.39, 0.29) is 24.9 Å². The molecule has 1 aliphatic rings. The molecule has 3 N–H and O–H groups in total. The fourth-order valence-corrected chi connectivity index (χ4v) is 3.69. The molecule has 0 saturated heterocycles. The number of nitrogens with zero attached hydrogens (tertiary/aromatic N) is 1. The quantitative estimate of drug-likeness (QED) is 0.361. The molecule has 1 heterocycles. The average Bonchev–Trinajstić information content (AvgIpc) is 2.83. The zero-order valence-electron chi connectivity index (χ0n) is 19.9. The van der Waals surface area contributed by atoms with Crippen LogP contribution in [0.4, 0.5) is 25.4 Å². The van der Waals surface area contributed by atoms with Gasteiger partial charge in [-0.1, -0.05) is 31.2 Å². The number of carbonyl (C=O) groups is 3. The molecule has 0 spiro atoms. The Bertz CT molecular complexity index is 1100. The molecule has 1 atom stereocenters. The van der Waals surface area contributed by atoms with Crippen molar-refractivity contribution in [3.05, 3.63) is 71.2 Å². The molecule has 35 heavy (non-hydrogen) atoms. The van der Waals surface area contributed by atoms with Crippen LogP contribution in [0.15, 0.2) is 59.8 Å². The maximum absolute atomic E-state index is 13.8. The number of rotatable bonds is 9. The van der Waals surface area contributed by atoms with E-state index in [2.05, 4.69) is 16.0 Å². The zero-order valence-corrected chi connectivity index (χ0v) is 19.9. The Kier molecular flexibility index (Phi) is 8.80. The fraction of sp³-hybridized carbons (Fsp3) is 0.320. The van der Waals surface area contributed by atoms with Crippen molar-refractivity contribution in [1.82, 2.24) is 10.2 Å². The van der Waals surface area contributed by atoms with Crippen molar-refractivity contribution in [1.29, 1.82) is 0 Å². The highest BCUT2D eigenvalue weighted by Crippen LogP contribution is 2.32. The third-order valence-electron chi connectivity index (χ3n) is 5.41. The molecule has 4 amide bonds. The number of anilines is 2. The minimum absolute atomic E-state index is 0.0559. The van der Waals surface area contributed by atoms with Gasteiger partial charge in [0.2, 0.25) is 0 Å². The van der Waals surface area contributed by atoms with E-state index in [0.29, 0.717) is 29.1 Å². The standard InChI is InChI=1S/C25H29FN4O5/c1-4-13-30-16(2)21(23(31)35-15-14-34-3)22(29-25(30)33)17-9-11-18(12-10-17)27-24(32)28-20-8-6-5-7-19(20)26/h5-12,22H,4,13-15H2,1-3H3,(H,29,33)(H2,27,28,32)/t22-/m0/s1. The third-order valence-corrected chi connectivity index (χ3v) is 5.41. The summed E-state index contributed by atoms with van der Waals surface area (Å²) in [6.07, 6.45) is 0.719. The molecule has 1 aliphatic heterocycles. The highest BCUT2D eigenvalue weighted by Gasteiger charge is 2.36. The summed E-state index contributed by atoms with van der Waals surface area (Å²) in [7, 11) is 1.51. The molecular weight excluding hydrogens is 455 g/mol. The number of hydrogen-bond acceptors (Lipinski definition) is 5. The lowest BCUT2D eigenvalue weighted by Gasteiger charge is -2.35. The number of ether oxygens (including phenoxy) is 2. The Morgan fingerprint density at radius 2 is 1.80 bits per heavy atom. The van der Waals surface area contributed by atoms with E-state index in [0.717, 1.165) is 6.42 Å². The Morgan fingerprint density at radius 3 is 2.46 bits per heavy atom. The van der Waals surface area contributed by atoms with Crippen LogP contribution in [-0.4, -0.2) is 49.8 Å². The summed E-state index contributed by atoms with van der Waals surface area (Å²) in [6.45, 7) is 4.46. The Balaban J connectivity index is 1.79. The van der Waals surface area contributed by atoms with Gasteiger partial charge in [-0.05, 0) is 43.2 Å². The molecule has 0 radical (unpaired) electrons. The SMILES string of the molecule is CCCN1C(=O)N[C@@H](c2ccc(NC(=O)Nc3ccccc3F)cc2)C(C(=O)OCCOC)=C1C. The van der Waals surface area contributed by atoms with Gasteiger partial charge in [-0.2, -0.15) is 0 Å². The summed E-state index contributed by atoms with van der Waals surface area (Å²) in [4.78, 5) is 39.4. The van der Waals surface area contributed by atoms with Crippen molar-refractivity contribution in [3.8, 4) is 0 Å². The van der Waals surface area contributed by atoms with Gasteiger partial charge in [0.25, 0.3) is 0 Å². The van der Waals surface area contributed by atoms with E-state index in [1.807, 2.05) is 6.92 Å². The molecule has 0 aliphatic carbocycles. The molecular formula is C25H29FN4O5. The van der Waals surface area contributed by atoms with Crippen molar-refractivity contribution >= 4 is 29.4 Å². The van der Waals surface area contributed by atoms with E-state index in [4.69, 9.17) is 9.47 Å². The summed E-state index contributed by atoms with van der Waals surface area (Å²) >= 11 is 0. The molecule has 2 aromatic rings.